The molecule has 0 unspecified atom stereocenters. The van der Waals surface area contributed by atoms with Gasteiger partial charge in [-0.2, -0.15) is 0 Å². The first-order valence-corrected chi connectivity index (χ1v) is 2.35. The van der Waals surface area contributed by atoms with Crippen molar-refractivity contribution in [1.29, 1.82) is 0 Å². The van der Waals surface area contributed by atoms with E-state index in [9.17, 15) is 0 Å². The van der Waals surface area contributed by atoms with Crippen LogP contribution in [0.3, 0.4) is 0 Å². The summed E-state index contributed by atoms with van der Waals surface area (Å²) in [5.41, 5.74) is 0. The van der Waals surface area contributed by atoms with Gasteiger partial charge in [0, 0.05) is 16.8 Å². The van der Waals surface area contributed by atoms with E-state index in [1.165, 1.54) is 0 Å². The molecule has 4 nitrogen and oxygen atoms in total. The van der Waals surface area contributed by atoms with E-state index in [2.05, 4.69) is 0 Å². The van der Waals surface area contributed by atoms with Crippen molar-refractivity contribution in [2.45, 2.75) is 0 Å². The van der Waals surface area contributed by atoms with Crippen molar-refractivity contribution in [3.63, 3.8) is 0 Å². The summed E-state index contributed by atoms with van der Waals surface area (Å²) in [6.07, 6.45) is 0. The molecule has 0 aliphatic carbocycles. The second-order valence-corrected chi connectivity index (χ2v) is 1.54. The van der Waals surface area contributed by atoms with Crippen LogP contribution >= 0.6 is 7.82 Å². The van der Waals surface area contributed by atoms with E-state index in [4.69, 9.17) is 19.2 Å². The van der Waals surface area contributed by atoms with Crippen LogP contribution in [0.1, 0.15) is 1.43 Å². The maximum absolute atomic E-state index is 8.88. The van der Waals surface area contributed by atoms with Crippen molar-refractivity contribution in [3.8, 4) is 0 Å². The minimum Gasteiger partial charge on any atom is -1.00 e. The molecule has 0 aliphatic heterocycles. The Labute approximate surface area is 79.3 Å². The van der Waals surface area contributed by atoms with Crippen molar-refractivity contribution in [2.24, 2.45) is 0 Å². The number of phosphoric acid groups is 1. The van der Waals surface area contributed by atoms with Gasteiger partial charge in [0.1, 0.15) is 0 Å². The second-order valence-electron chi connectivity index (χ2n) is 0.513. The van der Waals surface area contributed by atoms with Gasteiger partial charge in [-0.05, 0) is 0 Å². The van der Waals surface area contributed by atoms with Crippen molar-refractivity contribution in [2.75, 3.05) is 0 Å². The zero-order valence-electron chi connectivity index (χ0n) is 4.94. The van der Waals surface area contributed by atoms with E-state index < -0.39 is 7.82 Å². The van der Waals surface area contributed by atoms with Crippen molar-refractivity contribution in [3.05, 3.63) is 0 Å². The standard InChI is InChI=1S/Co.FH.Na.H3O4P.H/c;;;1-5(2,3)4;/h;1H;;(H3,1,2,3,4);/q;;+1;;-1. The van der Waals surface area contributed by atoms with E-state index in [0.29, 0.717) is 0 Å². The summed E-state index contributed by atoms with van der Waals surface area (Å²) in [6.45, 7) is 0. The van der Waals surface area contributed by atoms with E-state index >= 15 is 0 Å². The van der Waals surface area contributed by atoms with Crippen molar-refractivity contribution in [1.82, 2.24) is 0 Å². The molecule has 0 fully saturated rings. The van der Waals surface area contributed by atoms with Crippen LogP contribution in [-0.4, -0.2) is 14.7 Å². The van der Waals surface area contributed by atoms with Gasteiger partial charge in [0.15, 0.2) is 0 Å². The number of rotatable bonds is 0. The number of hydrogen-bond acceptors (Lipinski definition) is 1. The average molecular weight is 201 g/mol. The van der Waals surface area contributed by atoms with Gasteiger partial charge in [-0.3, -0.25) is 4.70 Å². The molecule has 1 radical (unpaired) electrons. The average Bonchev–Trinajstić information content (AvgIpc) is 0.722. The maximum Gasteiger partial charge on any atom is 1.00 e. The summed E-state index contributed by atoms with van der Waals surface area (Å²) in [7, 11) is -4.64. The van der Waals surface area contributed by atoms with E-state index in [1.807, 2.05) is 0 Å². The fraction of sp³-hybridized carbons (Fsp3) is 0. The molecule has 0 bridgehead atoms. The zero-order valence-corrected chi connectivity index (χ0v) is 7.87. The summed E-state index contributed by atoms with van der Waals surface area (Å²) in [4.78, 5) is 21.6. The van der Waals surface area contributed by atoms with Crippen LogP contribution in [0.4, 0.5) is 4.70 Å². The summed E-state index contributed by atoms with van der Waals surface area (Å²) in [6, 6.07) is 0. The summed E-state index contributed by atoms with van der Waals surface area (Å²) >= 11 is 0. The van der Waals surface area contributed by atoms with Crippen LogP contribution in [0, 0.1) is 0 Å². The third-order valence-corrected chi connectivity index (χ3v) is 0. The predicted octanol–water partition coefficient (Wildman–Crippen LogP) is -3.66. The first-order chi connectivity index (χ1) is 2.00. The molecule has 8 heavy (non-hydrogen) atoms. The van der Waals surface area contributed by atoms with Crippen LogP contribution in [0.2, 0.25) is 0 Å². The fourth-order valence-electron chi connectivity index (χ4n) is 0. The van der Waals surface area contributed by atoms with Gasteiger partial charge in [-0.15, -0.1) is 0 Å². The molecule has 0 saturated carbocycles. The van der Waals surface area contributed by atoms with Gasteiger partial charge in [0.25, 0.3) is 0 Å². The van der Waals surface area contributed by atoms with E-state index in [1.54, 1.807) is 0 Å². The zero-order chi connectivity index (χ0) is 4.50. The largest absolute Gasteiger partial charge is 1.00 e. The van der Waals surface area contributed by atoms with Crippen LogP contribution in [0.25, 0.3) is 0 Å². The second kappa shape index (κ2) is 8.55. The van der Waals surface area contributed by atoms with Gasteiger partial charge >= 0.3 is 37.4 Å². The third-order valence-electron chi connectivity index (χ3n) is 0. The molecule has 51 valence electrons. The monoisotopic (exact) mass is 201 g/mol. The Kier molecular flexibility index (Phi) is 24.2. The maximum atomic E-state index is 8.88. The first kappa shape index (κ1) is 22.7. The van der Waals surface area contributed by atoms with Crippen LogP contribution in [0.15, 0.2) is 0 Å². The Morgan fingerprint density at radius 1 is 1.25 bits per heavy atom. The van der Waals surface area contributed by atoms with Gasteiger partial charge < -0.3 is 16.1 Å². The van der Waals surface area contributed by atoms with Gasteiger partial charge in [0.05, 0.1) is 0 Å². The molecule has 8 heteroatoms. The van der Waals surface area contributed by atoms with E-state index in [-0.39, 0.29) is 52.5 Å². The van der Waals surface area contributed by atoms with Gasteiger partial charge in [0.2, 0.25) is 0 Å². The molecule has 3 N–H and O–H groups in total. The molecular formula is H5CoFNaO4P. The molecule has 0 aromatic carbocycles. The Balaban J connectivity index is -0.0000000133. The molecule has 0 rings (SSSR count). The fourth-order valence-corrected chi connectivity index (χ4v) is 0. The SMILES string of the molecule is F.O=P(O)(O)O.[Co].[H-].[Na+]. The first-order valence-electron chi connectivity index (χ1n) is 0.783. The quantitative estimate of drug-likeness (QED) is 0.279. The molecule has 0 aliphatic rings. The number of halogens is 1. The summed E-state index contributed by atoms with van der Waals surface area (Å²) in [5.74, 6) is 0. The molecule has 0 amide bonds. The molecule has 0 atom stereocenters. The molecule has 0 aromatic rings. The normalized spacial score (nSPS) is 7.38. The van der Waals surface area contributed by atoms with Crippen LogP contribution < -0.4 is 29.6 Å². The Bertz CT molecular complexity index is 66.7. The summed E-state index contributed by atoms with van der Waals surface area (Å²) in [5, 5.41) is 0. The van der Waals surface area contributed by atoms with Crippen molar-refractivity contribution < 1.29 is 71.7 Å². The summed E-state index contributed by atoms with van der Waals surface area (Å²) < 4.78 is 8.88. The molecular weight excluding hydrogens is 196 g/mol. The van der Waals surface area contributed by atoms with Crippen LogP contribution in [0.5, 0.6) is 0 Å². The topological polar surface area (TPSA) is 77.8 Å². The van der Waals surface area contributed by atoms with Gasteiger partial charge in [-0.1, -0.05) is 0 Å². The van der Waals surface area contributed by atoms with Gasteiger partial charge in [-0.25, -0.2) is 4.57 Å². The van der Waals surface area contributed by atoms with Crippen LogP contribution in [-0.2, 0) is 21.3 Å². The molecule has 0 spiro atoms. The smallest absolute Gasteiger partial charge is 1.00 e. The Hall–Kier alpha value is 1.55. The van der Waals surface area contributed by atoms with Crippen molar-refractivity contribution >= 4 is 7.82 Å². The molecule has 0 aromatic heterocycles. The minimum atomic E-state index is -4.64. The number of hydrogen-bond donors (Lipinski definition) is 3. The predicted molar refractivity (Wildman–Crippen MR) is 17.9 cm³/mol. The Morgan fingerprint density at radius 2 is 1.25 bits per heavy atom. The molecule has 0 heterocycles. The third kappa shape index (κ3) is 135. The minimum absolute atomic E-state index is 0. The molecule has 0 saturated heterocycles. The Morgan fingerprint density at radius 3 is 1.25 bits per heavy atom. The van der Waals surface area contributed by atoms with E-state index in [0.717, 1.165) is 0 Å².